The van der Waals surface area contributed by atoms with Gasteiger partial charge in [0, 0.05) is 12.3 Å². The van der Waals surface area contributed by atoms with Crippen LogP contribution in [0, 0.1) is 6.92 Å². The summed E-state index contributed by atoms with van der Waals surface area (Å²) in [5.41, 5.74) is 8.77. The summed E-state index contributed by atoms with van der Waals surface area (Å²) in [5.74, 6) is 0.616. The maximum absolute atomic E-state index is 13.7. The summed E-state index contributed by atoms with van der Waals surface area (Å²) >= 11 is 0. The number of nitrogens with one attached hydrogen (secondary N) is 2. The Bertz CT molecular complexity index is 1870. The summed E-state index contributed by atoms with van der Waals surface area (Å²) in [6.07, 6.45) is 4.02. The molecule has 0 saturated heterocycles. The molecule has 0 fully saturated rings. The van der Waals surface area contributed by atoms with Gasteiger partial charge in [0.25, 0.3) is 5.56 Å². The topological polar surface area (TPSA) is 170 Å². The zero-order valence-electron chi connectivity index (χ0n) is 21.3. The molecule has 5 N–H and O–H groups in total. The highest BCUT2D eigenvalue weighted by Gasteiger charge is 2.22. The van der Waals surface area contributed by atoms with E-state index in [4.69, 9.17) is 10.8 Å². The normalized spacial score (nSPS) is 12.4. The molecule has 1 atom stereocenters. The number of sulfonamides is 1. The highest BCUT2D eigenvalue weighted by molar-refractivity contribution is 7.92. The van der Waals surface area contributed by atoms with Crippen LogP contribution >= 0.6 is 0 Å². The molecule has 0 unspecified atom stereocenters. The van der Waals surface area contributed by atoms with Crippen molar-refractivity contribution in [2.24, 2.45) is 0 Å². The lowest BCUT2D eigenvalue weighted by Crippen LogP contribution is -2.29. The lowest BCUT2D eigenvalue weighted by Gasteiger charge is -2.21. The Labute approximate surface area is 223 Å². The number of benzene rings is 2. The summed E-state index contributed by atoms with van der Waals surface area (Å²) < 4.78 is 29.0. The second kappa shape index (κ2) is 9.76. The fraction of sp³-hybridized carbons (Fsp3) is 0.154. The molecule has 0 spiro atoms. The van der Waals surface area contributed by atoms with Crippen molar-refractivity contribution in [1.82, 2.24) is 24.1 Å². The van der Waals surface area contributed by atoms with Crippen molar-refractivity contribution in [2.45, 2.75) is 19.9 Å². The number of para-hydroxylation sites is 1. The Morgan fingerprint density at radius 2 is 1.82 bits per heavy atom. The molecule has 39 heavy (non-hydrogen) atoms. The summed E-state index contributed by atoms with van der Waals surface area (Å²) in [7, 11) is -3.60. The van der Waals surface area contributed by atoms with Crippen LogP contribution in [0.3, 0.4) is 0 Å². The van der Waals surface area contributed by atoms with Gasteiger partial charge in [-0.3, -0.25) is 14.1 Å². The summed E-state index contributed by atoms with van der Waals surface area (Å²) in [5, 5.41) is 18.3. The van der Waals surface area contributed by atoms with Crippen LogP contribution in [0.2, 0.25) is 0 Å². The number of aromatic nitrogens is 5. The Morgan fingerprint density at radius 3 is 2.54 bits per heavy atom. The predicted molar refractivity (Wildman–Crippen MR) is 150 cm³/mol. The summed E-state index contributed by atoms with van der Waals surface area (Å²) in [6.45, 7) is 3.68. The van der Waals surface area contributed by atoms with Gasteiger partial charge < -0.3 is 16.2 Å². The molecule has 200 valence electrons. The first-order valence-corrected chi connectivity index (χ1v) is 13.8. The van der Waals surface area contributed by atoms with E-state index in [0.29, 0.717) is 34.0 Å². The molecular formula is C26H26N8O4S. The Kier molecular flexibility index (Phi) is 6.44. The molecule has 0 aliphatic rings. The second-order valence-electron chi connectivity index (χ2n) is 9.12. The SMILES string of the molecule is Cc1ccn2nc([C@H](C)Nc3ncnc(N)c3-c3cc(O)cc(NS(C)(=O)=O)c3)n(-c3ccccc3)c(=O)c12. The molecule has 5 rings (SSSR count). The number of nitrogens with two attached hydrogens (primary N) is 1. The smallest absolute Gasteiger partial charge is 0.282 e. The zero-order valence-corrected chi connectivity index (χ0v) is 22.1. The van der Waals surface area contributed by atoms with Crippen molar-refractivity contribution in [3.8, 4) is 22.6 Å². The van der Waals surface area contributed by atoms with Crippen LogP contribution in [-0.4, -0.2) is 43.9 Å². The standard InChI is InChI=1S/C26H26N8O4S/c1-15-9-10-33-22(15)26(36)34(19-7-5-4-6-8-19)25(31-33)16(2)30-24-21(23(27)28-14-29-24)17-11-18(13-20(35)12-17)32-39(3,37)38/h4-14,16,32,35H,1-3H3,(H3,27,28,29,30)/t16-/m0/s1. The number of fused-ring (bicyclic) bond motifs is 1. The van der Waals surface area contributed by atoms with Gasteiger partial charge in [0.2, 0.25) is 10.0 Å². The average molecular weight is 547 g/mol. The number of aromatic hydroxyl groups is 1. The van der Waals surface area contributed by atoms with Gasteiger partial charge in [0.05, 0.1) is 29.2 Å². The molecule has 0 saturated carbocycles. The van der Waals surface area contributed by atoms with Gasteiger partial charge in [-0.2, -0.15) is 5.10 Å². The molecule has 12 nitrogen and oxygen atoms in total. The molecule has 0 aliphatic heterocycles. The number of phenols is 1. The number of aryl methyl sites for hydroxylation is 1. The van der Waals surface area contributed by atoms with Crippen molar-refractivity contribution < 1.29 is 13.5 Å². The van der Waals surface area contributed by atoms with E-state index in [1.807, 2.05) is 50.2 Å². The van der Waals surface area contributed by atoms with Crippen molar-refractivity contribution >= 4 is 32.9 Å². The first-order chi connectivity index (χ1) is 18.5. The van der Waals surface area contributed by atoms with Gasteiger partial charge >= 0.3 is 0 Å². The minimum Gasteiger partial charge on any atom is -0.508 e. The lowest BCUT2D eigenvalue weighted by molar-refractivity contribution is 0.476. The number of phenolic OH excluding ortho intramolecular Hbond substituents is 1. The van der Waals surface area contributed by atoms with E-state index >= 15 is 0 Å². The quantitative estimate of drug-likeness (QED) is 0.240. The minimum atomic E-state index is -3.60. The summed E-state index contributed by atoms with van der Waals surface area (Å²) in [6, 6.07) is 14.7. The van der Waals surface area contributed by atoms with Gasteiger partial charge in [-0.25, -0.2) is 22.9 Å². The molecule has 0 amide bonds. The molecule has 2 aromatic carbocycles. The first kappa shape index (κ1) is 25.7. The number of rotatable bonds is 7. The second-order valence-corrected chi connectivity index (χ2v) is 10.9. The number of hydrogen-bond acceptors (Lipinski definition) is 9. The van der Waals surface area contributed by atoms with E-state index in [1.54, 1.807) is 15.3 Å². The van der Waals surface area contributed by atoms with Crippen molar-refractivity contribution in [3.63, 3.8) is 0 Å². The zero-order chi connectivity index (χ0) is 27.9. The first-order valence-electron chi connectivity index (χ1n) is 11.9. The molecule has 0 radical (unpaired) electrons. The van der Waals surface area contributed by atoms with Crippen LogP contribution in [0.4, 0.5) is 17.3 Å². The highest BCUT2D eigenvalue weighted by Crippen LogP contribution is 2.36. The number of nitrogens with zero attached hydrogens (tertiary/aromatic N) is 5. The van der Waals surface area contributed by atoms with Crippen molar-refractivity contribution in [3.05, 3.63) is 88.9 Å². The largest absolute Gasteiger partial charge is 0.508 e. The highest BCUT2D eigenvalue weighted by atomic mass is 32.2. The number of anilines is 3. The maximum Gasteiger partial charge on any atom is 0.282 e. The Morgan fingerprint density at radius 1 is 1.08 bits per heavy atom. The van der Waals surface area contributed by atoms with Crippen molar-refractivity contribution in [2.75, 3.05) is 22.0 Å². The van der Waals surface area contributed by atoms with Gasteiger partial charge in [0.1, 0.15) is 29.2 Å². The third-order valence-electron chi connectivity index (χ3n) is 6.05. The van der Waals surface area contributed by atoms with Crippen LogP contribution in [0.5, 0.6) is 5.75 Å². The molecule has 0 aliphatic carbocycles. The third kappa shape index (κ3) is 5.11. The van der Waals surface area contributed by atoms with E-state index in [9.17, 15) is 18.3 Å². The maximum atomic E-state index is 13.7. The van der Waals surface area contributed by atoms with Gasteiger partial charge in [0.15, 0.2) is 5.82 Å². The third-order valence-corrected chi connectivity index (χ3v) is 6.66. The molecule has 3 heterocycles. The van der Waals surface area contributed by atoms with E-state index in [1.165, 1.54) is 24.5 Å². The summed E-state index contributed by atoms with van der Waals surface area (Å²) in [4.78, 5) is 22.1. The van der Waals surface area contributed by atoms with Crippen LogP contribution < -0.4 is 21.3 Å². The van der Waals surface area contributed by atoms with Crippen LogP contribution in [0.1, 0.15) is 24.4 Å². The number of nitrogen functional groups attached to an aromatic ring is 1. The van der Waals surface area contributed by atoms with E-state index < -0.39 is 16.1 Å². The van der Waals surface area contributed by atoms with E-state index in [-0.39, 0.29) is 22.8 Å². The molecule has 13 heteroatoms. The minimum absolute atomic E-state index is 0.0977. The van der Waals surface area contributed by atoms with Crippen molar-refractivity contribution in [1.29, 1.82) is 0 Å². The van der Waals surface area contributed by atoms with Crippen LogP contribution in [0.25, 0.3) is 22.3 Å². The van der Waals surface area contributed by atoms with Gasteiger partial charge in [-0.05, 0) is 55.3 Å². The lowest BCUT2D eigenvalue weighted by atomic mass is 10.1. The molecule has 0 bridgehead atoms. The molecular weight excluding hydrogens is 520 g/mol. The average Bonchev–Trinajstić information content (AvgIpc) is 3.24. The van der Waals surface area contributed by atoms with E-state index in [2.05, 4.69) is 20.0 Å². The van der Waals surface area contributed by atoms with Gasteiger partial charge in [-0.1, -0.05) is 18.2 Å². The van der Waals surface area contributed by atoms with Gasteiger partial charge in [-0.15, -0.1) is 0 Å². The Hall–Kier alpha value is -4.91. The molecule has 3 aromatic heterocycles. The molecule has 5 aromatic rings. The number of hydrogen-bond donors (Lipinski definition) is 4. The van der Waals surface area contributed by atoms with Crippen LogP contribution in [-0.2, 0) is 10.0 Å². The Balaban J connectivity index is 1.63. The fourth-order valence-electron chi connectivity index (χ4n) is 4.43. The van der Waals surface area contributed by atoms with E-state index in [0.717, 1.165) is 11.8 Å². The fourth-order valence-corrected chi connectivity index (χ4v) is 4.98. The van der Waals surface area contributed by atoms with Crippen LogP contribution in [0.15, 0.2) is 71.9 Å². The predicted octanol–water partition coefficient (Wildman–Crippen LogP) is 3.08. The monoisotopic (exact) mass is 546 g/mol.